The largest absolute Gasteiger partial charge is 0.457 e. The van der Waals surface area contributed by atoms with Crippen molar-refractivity contribution in [3.63, 3.8) is 0 Å². The second-order valence-corrected chi connectivity index (χ2v) is 24.8. The Hall–Kier alpha value is -6.53. The van der Waals surface area contributed by atoms with Crippen LogP contribution in [0.5, 0.6) is 11.5 Å². The molecule has 66 heavy (non-hydrogen) atoms. The van der Waals surface area contributed by atoms with E-state index in [4.69, 9.17) is 9.72 Å². The zero-order chi connectivity index (χ0) is 45.5. The van der Waals surface area contributed by atoms with Gasteiger partial charge in [-0.25, -0.2) is 4.98 Å². The summed E-state index contributed by atoms with van der Waals surface area (Å²) in [5.41, 5.74) is 19.7. The summed E-state index contributed by atoms with van der Waals surface area (Å²) in [6.07, 6.45) is 7.68. The standard InChI is InChI=1S/C61H50N2OSSi/c1-66(2)56-29-15-26-47(51-36-50-46-25-12-10-23-44(46)42-21-8-7-20-41(42)43-22-9-11-24-45(43)49(50)35-48(51)38-18-5-6-19-38)59(56)64-55-33-30-39(34-57(55)66)58-40(37-16-3-4-17-37)31-32-54-60(58)65-61-62-52-27-13-14-28-53(52)63(54)61/h7-15,20-38H,3-6,16-19H2,1-2H3/i37D,38D. The molecule has 4 aliphatic rings. The fourth-order valence-electron chi connectivity index (χ4n) is 12.3. The number of rotatable bonds is 4. The average Bonchev–Trinajstić information content (AvgIpc) is 4.18. The van der Waals surface area contributed by atoms with Crippen LogP contribution in [0.2, 0.25) is 13.1 Å². The zero-order valence-corrected chi connectivity index (χ0v) is 39.2. The molecule has 3 heterocycles. The molecular weight excluding hydrogens is 837 g/mol. The molecule has 2 fully saturated rings. The number of aromatic nitrogens is 2. The van der Waals surface area contributed by atoms with Crippen LogP contribution in [0.15, 0.2) is 158 Å². The Morgan fingerprint density at radius 3 is 1.77 bits per heavy atom. The van der Waals surface area contributed by atoms with E-state index >= 15 is 0 Å². The quantitative estimate of drug-likeness (QED) is 0.165. The molecule has 0 saturated heterocycles. The molecule has 2 saturated carbocycles. The molecule has 3 aliphatic carbocycles. The molecule has 3 nitrogen and oxygen atoms in total. The Morgan fingerprint density at radius 2 is 1.11 bits per heavy atom. The van der Waals surface area contributed by atoms with Gasteiger partial charge in [0.05, 0.1) is 21.3 Å². The lowest BCUT2D eigenvalue weighted by Crippen LogP contribution is -2.56. The molecule has 0 unspecified atom stereocenters. The molecule has 320 valence electrons. The SMILES string of the molecule is [2H]C1(c2cc3c(cc2-c2cccc4c2Oc2ccc(-c5c(C6([2H])CCCC6)ccc6c5sc5nc7ccccc7n56)cc2[Si]4(C)C)-c2ccccc2-c2ccccc2-c2ccccc2-3)CCCC1. The summed E-state index contributed by atoms with van der Waals surface area (Å²) in [4.78, 5) is 6.08. The number of hydrogen-bond acceptors (Lipinski definition) is 3. The van der Waals surface area contributed by atoms with Crippen molar-refractivity contribution in [2.45, 2.75) is 76.2 Å². The summed E-state index contributed by atoms with van der Waals surface area (Å²) in [6.45, 7) is 4.96. The van der Waals surface area contributed by atoms with Gasteiger partial charge in [0.1, 0.15) is 19.6 Å². The molecule has 0 amide bonds. The number of imidazole rings is 1. The molecule has 14 rings (SSSR count). The highest BCUT2D eigenvalue weighted by molar-refractivity contribution is 7.24. The Morgan fingerprint density at radius 1 is 0.530 bits per heavy atom. The summed E-state index contributed by atoms with van der Waals surface area (Å²) < 4.78 is 31.1. The fraction of sp³-hybridized carbons (Fsp3) is 0.197. The molecule has 0 radical (unpaired) electrons. The van der Waals surface area contributed by atoms with Gasteiger partial charge in [0.2, 0.25) is 0 Å². The van der Waals surface area contributed by atoms with Crippen molar-refractivity contribution in [1.82, 2.24) is 9.38 Å². The van der Waals surface area contributed by atoms with E-state index in [2.05, 4.69) is 175 Å². The van der Waals surface area contributed by atoms with Gasteiger partial charge in [0, 0.05) is 13.9 Å². The van der Waals surface area contributed by atoms with Gasteiger partial charge in [-0.05, 0) is 151 Å². The molecule has 1 aliphatic heterocycles. The predicted molar refractivity (Wildman–Crippen MR) is 280 cm³/mol. The Balaban J connectivity index is 0.967. The number of hydrogen-bond donors (Lipinski definition) is 0. The molecule has 0 N–H and O–H groups in total. The highest BCUT2D eigenvalue weighted by Crippen LogP contribution is 2.53. The first-order valence-corrected chi connectivity index (χ1v) is 27.8. The van der Waals surface area contributed by atoms with Gasteiger partial charge in [-0.3, -0.25) is 4.40 Å². The lowest BCUT2D eigenvalue weighted by molar-refractivity contribution is 0.488. The third-order valence-corrected chi connectivity index (χ3v) is 20.1. The number of para-hydroxylation sites is 3. The van der Waals surface area contributed by atoms with E-state index in [1.54, 1.807) is 11.3 Å². The molecule has 0 bridgehead atoms. The summed E-state index contributed by atoms with van der Waals surface area (Å²) in [7, 11) is -2.44. The number of benzene rings is 8. The van der Waals surface area contributed by atoms with Gasteiger partial charge in [-0.2, -0.15) is 0 Å². The first-order chi connectivity index (χ1) is 33.2. The van der Waals surface area contributed by atoms with Crippen molar-refractivity contribution in [3.05, 3.63) is 169 Å². The first-order valence-electron chi connectivity index (χ1n) is 25.0. The van der Waals surface area contributed by atoms with Crippen LogP contribution in [-0.4, -0.2) is 17.5 Å². The summed E-state index contributed by atoms with van der Waals surface area (Å²) in [5.74, 6) is 0.489. The predicted octanol–water partition coefficient (Wildman–Crippen LogP) is 16.3. The summed E-state index contributed by atoms with van der Waals surface area (Å²) in [6, 6.07) is 58.0. The third kappa shape index (κ3) is 5.69. The van der Waals surface area contributed by atoms with E-state index in [1.165, 1.54) is 65.1 Å². The van der Waals surface area contributed by atoms with Crippen molar-refractivity contribution in [2.24, 2.45) is 0 Å². The van der Waals surface area contributed by atoms with E-state index < -0.39 is 19.9 Å². The Labute approximate surface area is 394 Å². The Bertz CT molecular complexity index is 3760. The minimum absolute atomic E-state index is 0.635. The maximum Gasteiger partial charge on any atom is 0.195 e. The molecule has 5 heteroatoms. The number of fused-ring (bicyclic) bond motifs is 15. The fourth-order valence-corrected chi connectivity index (χ4v) is 16.3. The number of nitrogens with zero attached hydrogens (tertiary/aromatic N) is 2. The van der Waals surface area contributed by atoms with Crippen LogP contribution < -0.4 is 15.1 Å². The monoisotopic (exact) mass is 888 g/mol. The minimum atomic E-state index is -2.44. The van der Waals surface area contributed by atoms with E-state index in [9.17, 15) is 2.74 Å². The average molecular weight is 889 g/mol. The molecule has 0 atom stereocenters. The van der Waals surface area contributed by atoms with Gasteiger partial charge in [-0.1, -0.05) is 171 Å². The maximum absolute atomic E-state index is 10.3. The van der Waals surface area contributed by atoms with Crippen molar-refractivity contribution in [2.75, 3.05) is 0 Å². The van der Waals surface area contributed by atoms with Crippen LogP contribution in [0, 0.1) is 0 Å². The van der Waals surface area contributed by atoms with E-state index in [-0.39, 0.29) is 0 Å². The smallest absolute Gasteiger partial charge is 0.195 e. The van der Waals surface area contributed by atoms with Gasteiger partial charge in [0.25, 0.3) is 0 Å². The van der Waals surface area contributed by atoms with Crippen LogP contribution in [0.1, 0.15) is 77.0 Å². The van der Waals surface area contributed by atoms with E-state index in [0.29, 0.717) is 0 Å². The summed E-state index contributed by atoms with van der Waals surface area (Å²) >= 11 is 1.75. The second kappa shape index (κ2) is 14.7. The van der Waals surface area contributed by atoms with Crippen LogP contribution in [-0.2, 0) is 0 Å². The van der Waals surface area contributed by atoms with Crippen LogP contribution in [0.3, 0.4) is 0 Å². The Kier molecular flexibility index (Phi) is 8.18. The van der Waals surface area contributed by atoms with Crippen molar-refractivity contribution in [1.29, 1.82) is 0 Å². The highest BCUT2D eigenvalue weighted by atomic mass is 32.1. The van der Waals surface area contributed by atoms with Crippen molar-refractivity contribution >= 4 is 56.0 Å². The number of thiazole rings is 1. The highest BCUT2D eigenvalue weighted by Gasteiger charge is 2.39. The molecule has 8 aromatic carbocycles. The zero-order valence-electron chi connectivity index (χ0n) is 39.4. The lowest BCUT2D eigenvalue weighted by Gasteiger charge is -2.35. The topological polar surface area (TPSA) is 26.5 Å². The number of ether oxygens (including phenoxy) is 1. The lowest BCUT2D eigenvalue weighted by atomic mass is 9.77. The van der Waals surface area contributed by atoms with Crippen molar-refractivity contribution in [3.8, 4) is 78.3 Å². The van der Waals surface area contributed by atoms with Gasteiger partial charge in [-0.15, -0.1) is 0 Å². The van der Waals surface area contributed by atoms with Crippen LogP contribution in [0.25, 0.3) is 93.0 Å². The normalized spacial score (nSPS) is 17.7. The van der Waals surface area contributed by atoms with Gasteiger partial charge in [0.15, 0.2) is 4.96 Å². The van der Waals surface area contributed by atoms with E-state index in [0.717, 1.165) is 112 Å². The van der Waals surface area contributed by atoms with Crippen LogP contribution in [0.4, 0.5) is 0 Å². The first kappa shape index (κ1) is 36.7. The van der Waals surface area contributed by atoms with Gasteiger partial charge >= 0.3 is 0 Å². The minimum Gasteiger partial charge on any atom is -0.457 e. The van der Waals surface area contributed by atoms with Crippen LogP contribution >= 0.6 is 11.3 Å². The van der Waals surface area contributed by atoms with E-state index in [1.807, 2.05) is 0 Å². The molecular formula is C61H50N2OSSi. The maximum atomic E-state index is 10.3. The van der Waals surface area contributed by atoms with Gasteiger partial charge < -0.3 is 4.74 Å². The molecule has 2 aromatic heterocycles. The molecule has 0 spiro atoms. The second-order valence-electron chi connectivity index (χ2n) is 19.5. The molecule has 10 aromatic rings. The summed E-state index contributed by atoms with van der Waals surface area (Å²) in [5, 5.41) is 2.55. The third-order valence-electron chi connectivity index (χ3n) is 15.5. The van der Waals surface area contributed by atoms with Crippen molar-refractivity contribution < 1.29 is 7.48 Å².